The van der Waals surface area contributed by atoms with Crippen LogP contribution in [0.5, 0.6) is 0 Å². The molecule has 0 bridgehead atoms. The van der Waals surface area contributed by atoms with E-state index in [1.54, 1.807) is 0 Å². The SMILES string of the molecule is CC1CN(c2ccccc2CNCC2(CO)COC2)CC(C)O1. The Hall–Kier alpha value is -1.14. The smallest absolute Gasteiger partial charge is 0.0726 e. The van der Waals surface area contributed by atoms with Crippen molar-refractivity contribution in [3.8, 4) is 0 Å². The molecule has 1 aromatic carbocycles. The summed E-state index contributed by atoms with van der Waals surface area (Å²) in [4.78, 5) is 2.42. The fraction of sp³-hybridized carbons (Fsp3) is 0.667. The molecule has 0 amide bonds. The zero-order valence-corrected chi connectivity index (χ0v) is 14.1. The van der Waals surface area contributed by atoms with Crippen molar-refractivity contribution in [3.63, 3.8) is 0 Å². The number of nitrogens with one attached hydrogen (secondary N) is 1. The maximum atomic E-state index is 9.51. The number of hydrogen-bond acceptors (Lipinski definition) is 5. The second-order valence-electron chi connectivity index (χ2n) is 7.05. The van der Waals surface area contributed by atoms with Crippen LogP contribution in [-0.2, 0) is 16.0 Å². The number of morpholine rings is 1. The minimum absolute atomic E-state index is 0.0864. The molecule has 0 spiro atoms. The molecule has 2 heterocycles. The molecule has 5 heteroatoms. The number of para-hydroxylation sites is 1. The molecule has 1 aromatic rings. The predicted octanol–water partition coefficient (Wildman–Crippen LogP) is 1.40. The van der Waals surface area contributed by atoms with Crippen LogP contribution in [0.3, 0.4) is 0 Å². The molecule has 2 aliphatic heterocycles. The van der Waals surface area contributed by atoms with Gasteiger partial charge in [0, 0.05) is 31.9 Å². The molecule has 3 rings (SSSR count). The summed E-state index contributed by atoms with van der Waals surface area (Å²) in [5.74, 6) is 0. The number of aliphatic hydroxyl groups is 1. The van der Waals surface area contributed by atoms with Gasteiger partial charge in [-0.15, -0.1) is 0 Å². The minimum Gasteiger partial charge on any atom is -0.396 e. The van der Waals surface area contributed by atoms with Crippen molar-refractivity contribution in [1.82, 2.24) is 5.32 Å². The van der Waals surface area contributed by atoms with Crippen LogP contribution in [0.15, 0.2) is 24.3 Å². The second kappa shape index (κ2) is 7.18. The number of anilines is 1. The molecule has 2 saturated heterocycles. The molecule has 2 atom stereocenters. The van der Waals surface area contributed by atoms with E-state index < -0.39 is 0 Å². The zero-order chi connectivity index (χ0) is 16.3. The van der Waals surface area contributed by atoms with E-state index in [1.165, 1.54) is 11.3 Å². The molecule has 0 saturated carbocycles. The molecule has 0 aromatic heterocycles. The molecular weight excluding hydrogens is 292 g/mol. The van der Waals surface area contributed by atoms with Crippen LogP contribution < -0.4 is 10.2 Å². The van der Waals surface area contributed by atoms with E-state index in [9.17, 15) is 5.11 Å². The van der Waals surface area contributed by atoms with Crippen LogP contribution in [0.4, 0.5) is 5.69 Å². The first-order valence-corrected chi connectivity index (χ1v) is 8.49. The summed E-state index contributed by atoms with van der Waals surface area (Å²) in [7, 11) is 0. The molecular formula is C18H28N2O3. The van der Waals surface area contributed by atoms with Crippen LogP contribution in [-0.4, -0.2) is 56.8 Å². The van der Waals surface area contributed by atoms with E-state index in [0.717, 1.165) is 26.2 Å². The van der Waals surface area contributed by atoms with Gasteiger partial charge < -0.3 is 24.8 Å². The van der Waals surface area contributed by atoms with Gasteiger partial charge in [0.1, 0.15) is 0 Å². The van der Waals surface area contributed by atoms with E-state index in [2.05, 4.69) is 48.3 Å². The van der Waals surface area contributed by atoms with Gasteiger partial charge in [0.05, 0.1) is 37.4 Å². The summed E-state index contributed by atoms with van der Waals surface area (Å²) in [5.41, 5.74) is 2.49. The lowest BCUT2D eigenvalue weighted by atomic mass is 9.87. The third-order valence-corrected chi connectivity index (χ3v) is 4.72. The molecule has 2 N–H and O–H groups in total. The predicted molar refractivity (Wildman–Crippen MR) is 90.7 cm³/mol. The number of benzene rings is 1. The number of rotatable bonds is 6. The number of hydrogen-bond donors (Lipinski definition) is 2. The Balaban J connectivity index is 1.63. The summed E-state index contributed by atoms with van der Waals surface area (Å²) >= 11 is 0. The van der Waals surface area contributed by atoms with Crippen molar-refractivity contribution in [1.29, 1.82) is 0 Å². The minimum atomic E-state index is -0.0864. The Bertz CT molecular complexity index is 503. The lowest BCUT2D eigenvalue weighted by Crippen LogP contribution is -2.52. The third-order valence-electron chi connectivity index (χ3n) is 4.72. The van der Waals surface area contributed by atoms with Crippen molar-refractivity contribution in [2.45, 2.75) is 32.6 Å². The van der Waals surface area contributed by atoms with Crippen molar-refractivity contribution < 1.29 is 14.6 Å². The van der Waals surface area contributed by atoms with E-state index in [0.29, 0.717) is 13.2 Å². The van der Waals surface area contributed by atoms with Gasteiger partial charge >= 0.3 is 0 Å². The van der Waals surface area contributed by atoms with Gasteiger partial charge in [0.2, 0.25) is 0 Å². The van der Waals surface area contributed by atoms with Crippen LogP contribution >= 0.6 is 0 Å². The molecule has 2 fully saturated rings. The number of nitrogens with zero attached hydrogens (tertiary/aromatic N) is 1. The van der Waals surface area contributed by atoms with Crippen molar-refractivity contribution in [3.05, 3.63) is 29.8 Å². The molecule has 0 aliphatic carbocycles. The summed E-state index contributed by atoms with van der Waals surface area (Å²) in [5, 5.41) is 13.0. The quantitative estimate of drug-likeness (QED) is 0.830. The fourth-order valence-electron chi connectivity index (χ4n) is 3.45. The average Bonchev–Trinajstić information content (AvgIpc) is 2.49. The van der Waals surface area contributed by atoms with Crippen molar-refractivity contribution >= 4 is 5.69 Å². The lowest BCUT2D eigenvalue weighted by molar-refractivity contribution is -0.134. The fourth-order valence-corrected chi connectivity index (χ4v) is 3.45. The first-order valence-electron chi connectivity index (χ1n) is 8.49. The zero-order valence-electron chi connectivity index (χ0n) is 14.1. The Morgan fingerprint density at radius 3 is 2.52 bits per heavy atom. The van der Waals surface area contributed by atoms with Crippen LogP contribution in [0, 0.1) is 5.41 Å². The molecule has 23 heavy (non-hydrogen) atoms. The van der Waals surface area contributed by atoms with Crippen LogP contribution in [0.2, 0.25) is 0 Å². The van der Waals surface area contributed by atoms with Gasteiger partial charge in [0.25, 0.3) is 0 Å². The molecule has 0 radical (unpaired) electrons. The average molecular weight is 320 g/mol. The first kappa shape index (κ1) is 16.7. The molecule has 2 aliphatic rings. The highest BCUT2D eigenvalue weighted by atomic mass is 16.5. The third kappa shape index (κ3) is 3.86. The van der Waals surface area contributed by atoms with E-state index in [-0.39, 0.29) is 24.2 Å². The second-order valence-corrected chi connectivity index (χ2v) is 7.05. The Morgan fingerprint density at radius 1 is 1.22 bits per heavy atom. The number of ether oxygens (including phenoxy) is 2. The van der Waals surface area contributed by atoms with E-state index >= 15 is 0 Å². The summed E-state index contributed by atoms with van der Waals surface area (Å²) in [6.07, 6.45) is 0.508. The van der Waals surface area contributed by atoms with Gasteiger partial charge in [-0.25, -0.2) is 0 Å². The van der Waals surface area contributed by atoms with Gasteiger partial charge in [-0.3, -0.25) is 0 Å². The molecule has 5 nitrogen and oxygen atoms in total. The van der Waals surface area contributed by atoms with Crippen molar-refractivity contribution in [2.24, 2.45) is 5.41 Å². The van der Waals surface area contributed by atoms with Crippen LogP contribution in [0.25, 0.3) is 0 Å². The maximum Gasteiger partial charge on any atom is 0.0726 e. The Labute approximate surface area is 138 Å². The summed E-state index contributed by atoms with van der Waals surface area (Å²) in [6.45, 7) is 9.18. The monoisotopic (exact) mass is 320 g/mol. The Morgan fingerprint density at radius 2 is 1.91 bits per heavy atom. The molecule has 2 unspecified atom stereocenters. The summed E-state index contributed by atoms with van der Waals surface area (Å²) in [6, 6.07) is 8.55. The van der Waals surface area contributed by atoms with E-state index in [4.69, 9.17) is 9.47 Å². The highest BCUT2D eigenvalue weighted by Crippen LogP contribution is 2.27. The van der Waals surface area contributed by atoms with Gasteiger partial charge in [-0.05, 0) is 25.5 Å². The van der Waals surface area contributed by atoms with Gasteiger partial charge in [-0.2, -0.15) is 0 Å². The number of aliphatic hydroxyl groups excluding tert-OH is 1. The maximum absolute atomic E-state index is 9.51. The highest BCUT2D eigenvalue weighted by Gasteiger charge is 2.37. The lowest BCUT2D eigenvalue weighted by Gasteiger charge is -2.40. The highest BCUT2D eigenvalue weighted by molar-refractivity contribution is 5.54. The first-order chi connectivity index (χ1) is 11.1. The largest absolute Gasteiger partial charge is 0.396 e. The van der Waals surface area contributed by atoms with Crippen LogP contribution in [0.1, 0.15) is 19.4 Å². The van der Waals surface area contributed by atoms with E-state index in [1.807, 2.05) is 0 Å². The Kier molecular flexibility index (Phi) is 5.21. The van der Waals surface area contributed by atoms with Gasteiger partial charge in [-0.1, -0.05) is 18.2 Å². The van der Waals surface area contributed by atoms with Gasteiger partial charge in [0.15, 0.2) is 0 Å². The topological polar surface area (TPSA) is 54.0 Å². The normalized spacial score (nSPS) is 26.8. The van der Waals surface area contributed by atoms with Crippen molar-refractivity contribution in [2.75, 3.05) is 44.4 Å². The standard InChI is InChI=1S/C18H28N2O3/c1-14-8-20(9-15(2)23-14)17-6-4-3-5-16(17)7-19-10-18(11-21)12-22-13-18/h3-6,14-15,19,21H,7-13H2,1-2H3. The molecule has 128 valence electrons. The summed E-state index contributed by atoms with van der Waals surface area (Å²) < 4.78 is 11.1.